The van der Waals surface area contributed by atoms with Crippen molar-refractivity contribution in [1.82, 2.24) is 14.9 Å². The average Bonchev–Trinajstić information content (AvgIpc) is 3.02. The van der Waals surface area contributed by atoms with E-state index in [0.717, 1.165) is 36.3 Å². The molecule has 0 saturated carbocycles. The first kappa shape index (κ1) is 16.8. The summed E-state index contributed by atoms with van der Waals surface area (Å²) in [6.45, 7) is 7.83. The van der Waals surface area contributed by atoms with Gasteiger partial charge in [-0.1, -0.05) is 0 Å². The fourth-order valence-corrected chi connectivity index (χ4v) is 3.80. The van der Waals surface area contributed by atoms with Crippen molar-refractivity contribution in [3.05, 3.63) is 16.6 Å². The highest BCUT2D eigenvalue weighted by Crippen LogP contribution is 2.47. The molecule has 1 aromatic rings. The summed E-state index contributed by atoms with van der Waals surface area (Å²) in [5.74, 6) is 0.796. The van der Waals surface area contributed by atoms with Crippen molar-refractivity contribution < 1.29 is 14.3 Å². The van der Waals surface area contributed by atoms with Gasteiger partial charge in [-0.15, -0.1) is 0 Å². The molecule has 1 N–H and O–H groups in total. The molecule has 2 saturated heterocycles. The van der Waals surface area contributed by atoms with Crippen LogP contribution in [0.2, 0.25) is 0 Å². The van der Waals surface area contributed by atoms with Crippen LogP contribution in [-0.2, 0) is 9.47 Å². The molecule has 0 unspecified atom stereocenters. The number of imidazole rings is 1. The van der Waals surface area contributed by atoms with Crippen molar-refractivity contribution in [3.8, 4) is 0 Å². The Morgan fingerprint density at radius 3 is 2.91 bits per heavy atom. The first-order valence-corrected chi connectivity index (χ1v) is 8.86. The highest BCUT2D eigenvalue weighted by Gasteiger charge is 2.49. The van der Waals surface area contributed by atoms with E-state index in [1.807, 2.05) is 25.7 Å². The Balaban J connectivity index is 1.85. The topological polar surface area (TPSA) is 67.4 Å². The van der Waals surface area contributed by atoms with Crippen molar-refractivity contribution in [2.24, 2.45) is 5.41 Å². The summed E-state index contributed by atoms with van der Waals surface area (Å²) in [7, 11) is 0. The molecule has 6 nitrogen and oxygen atoms in total. The third-order valence-corrected chi connectivity index (χ3v) is 4.83. The number of likely N-dealkylation sites (tertiary alicyclic amines) is 1. The van der Waals surface area contributed by atoms with Crippen LogP contribution in [0.5, 0.6) is 0 Å². The SMILES string of the molecule is CC(C)(C)OC(=O)N1C[C@]2(CCCOC2)C[C@H]1c1nc(Br)c[nH]1. The van der Waals surface area contributed by atoms with Crippen molar-refractivity contribution in [1.29, 1.82) is 0 Å². The predicted octanol–water partition coefficient (Wildman–Crippen LogP) is 3.65. The van der Waals surface area contributed by atoms with E-state index in [4.69, 9.17) is 9.47 Å². The quantitative estimate of drug-likeness (QED) is 0.800. The van der Waals surface area contributed by atoms with Crippen molar-refractivity contribution >= 4 is 22.0 Å². The van der Waals surface area contributed by atoms with Crippen LogP contribution in [0.3, 0.4) is 0 Å². The zero-order valence-corrected chi connectivity index (χ0v) is 15.5. The molecule has 0 bridgehead atoms. The molecule has 7 heteroatoms. The Kier molecular flexibility index (Phi) is 4.44. The van der Waals surface area contributed by atoms with Gasteiger partial charge in [0, 0.05) is 24.8 Å². The van der Waals surface area contributed by atoms with Crippen LogP contribution in [0.1, 0.15) is 51.9 Å². The van der Waals surface area contributed by atoms with Gasteiger partial charge in [0.25, 0.3) is 0 Å². The third-order valence-electron chi connectivity index (χ3n) is 4.42. The van der Waals surface area contributed by atoms with Crippen LogP contribution >= 0.6 is 15.9 Å². The molecule has 2 atom stereocenters. The van der Waals surface area contributed by atoms with E-state index in [9.17, 15) is 4.79 Å². The molecule has 0 aromatic carbocycles. The molecule has 3 heterocycles. The monoisotopic (exact) mass is 385 g/mol. The van der Waals surface area contributed by atoms with E-state index >= 15 is 0 Å². The van der Waals surface area contributed by atoms with E-state index in [1.165, 1.54) is 0 Å². The molecule has 1 amide bonds. The number of aromatic amines is 1. The van der Waals surface area contributed by atoms with E-state index < -0.39 is 5.60 Å². The number of carbonyl (C=O) groups is 1. The highest BCUT2D eigenvalue weighted by atomic mass is 79.9. The molecule has 0 aliphatic carbocycles. The van der Waals surface area contributed by atoms with Crippen LogP contribution in [0.4, 0.5) is 4.79 Å². The molecule has 2 fully saturated rings. The van der Waals surface area contributed by atoms with Gasteiger partial charge in [0.05, 0.1) is 12.6 Å². The maximum Gasteiger partial charge on any atom is 0.410 e. The van der Waals surface area contributed by atoms with E-state index in [0.29, 0.717) is 13.2 Å². The normalized spacial score (nSPS) is 28.3. The number of nitrogens with zero attached hydrogens (tertiary/aromatic N) is 2. The molecule has 3 rings (SSSR count). The Morgan fingerprint density at radius 2 is 2.35 bits per heavy atom. The summed E-state index contributed by atoms with van der Waals surface area (Å²) in [6, 6.07) is -0.0992. The van der Waals surface area contributed by atoms with Crippen molar-refractivity contribution in [2.75, 3.05) is 19.8 Å². The van der Waals surface area contributed by atoms with Crippen molar-refractivity contribution in [2.45, 2.75) is 51.7 Å². The van der Waals surface area contributed by atoms with Crippen LogP contribution in [0.25, 0.3) is 0 Å². The number of carbonyl (C=O) groups excluding carboxylic acids is 1. The Hall–Kier alpha value is -1.08. The number of halogens is 1. The number of H-pyrrole nitrogens is 1. The lowest BCUT2D eigenvalue weighted by molar-refractivity contribution is -0.00754. The lowest BCUT2D eigenvalue weighted by atomic mass is 9.80. The Morgan fingerprint density at radius 1 is 1.57 bits per heavy atom. The largest absolute Gasteiger partial charge is 0.444 e. The third kappa shape index (κ3) is 3.71. The van der Waals surface area contributed by atoms with Gasteiger partial charge in [-0.2, -0.15) is 0 Å². The molecule has 1 aromatic heterocycles. The standard InChI is InChI=1S/C16H24BrN3O3/c1-15(2,3)23-14(21)20-9-16(5-4-6-22-10-16)7-11(20)13-18-8-12(17)19-13/h8,11H,4-7,9-10H2,1-3H3,(H,18,19)/t11-,16-/m0/s1. The molecular weight excluding hydrogens is 362 g/mol. The fourth-order valence-electron chi connectivity index (χ4n) is 3.49. The number of ether oxygens (including phenoxy) is 2. The summed E-state index contributed by atoms with van der Waals surface area (Å²) in [4.78, 5) is 22.1. The maximum absolute atomic E-state index is 12.7. The number of nitrogens with one attached hydrogen (secondary N) is 1. The summed E-state index contributed by atoms with van der Waals surface area (Å²) in [5, 5.41) is 0. The zero-order chi connectivity index (χ0) is 16.7. The van der Waals surface area contributed by atoms with E-state index in [2.05, 4.69) is 25.9 Å². The van der Waals surface area contributed by atoms with Crippen LogP contribution in [0, 0.1) is 5.41 Å². The number of hydrogen-bond acceptors (Lipinski definition) is 4. The first-order chi connectivity index (χ1) is 10.8. The van der Waals surface area contributed by atoms with Gasteiger partial charge < -0.3 is 14.5 Å². The summed E-state index contributed by atoms with van der Waals surface area (Å²) >= 11 is 3.37. The van der Waals surface area contributed by atoms with Gasteiger partial charge in [0.15, 0.2) is 0 Å². The lowest BCUT2D eigenvalue weighted by Crippen LogP contribution is -2.40. The minimum atomic E-state index is -0.510. The zero-order valence-electron chi connectivity index (χ0n) is 13.9. The average molecular weight is 386 g/mol. The molecule has 2 aliphatic rings. The number of aromatic nitrogens is 2. The second kappa shape index (κ2) is 6.09. The molecule has 23 heavy (non-hydrogen) atoms. The molecular formula is C16H24BrN3O3. The van der Waals surface area contributed by atoms with Crippen LogP contribution < -0.4 is 0 Å². The first-order valence-electron chi connectivity index (χ1n) is 8.06. The Bertz CT molecular complexity index is 575. The van der Waals surface area contributed by atoms with Gasteiger partial charge >= 0.3 is 6.09 Å². The molecule has 1 spiro atoms. The van der Waals surface area contributed by atoms with Crippen molar-refractivity contribution in [3.63, 3.8) is 0 Å². The second-order valence-corrected chi connectivity index (χ2v) is 8.41. The van der Waals surface area contributed by atoms with Gasteiger partial charge in [-0.25, -0.2) is 9.78 Å². The summed E-state index contributed by atoms with van der Waals surface area (Å²) in [5.41, 5.74) is -0.497. The predicted molar refractivity (Wildman–Crippen MR) is 89.1 cm³/mol. The smallest absolute Gasteiger partial charge is 0.410 e. The van der Waals surface area contributed by atoms with Gasteiger partial charge in [-0.3, -0.25) is 4.90 Å². The number of amides is 1. The number of rotatable bonds is 1. The van der Waals surface area contributed by atoms with Gasteiger partial charge in [0.1, 0.15) is 16.0 Å². The molecule has 2 aliphatic heterocycles. The highest BCUT2D eigenvalue weighted by molar-refractivity contribution is 9.10. The van der Waals surface area contributed by atoms with Crippen LogP contribution in [-0.4, -0.2) is 46.3 Å². The Labute approximate surface area is 145 Å². The minimum Gasteiger partial charge on any atom is -0.444 e. The lowest BCUT2D eigenvalue weighted by Gasteiger charge is -2.33. The fraction of sp³-hybridized carbons (Fsp3) is 0.750. The van der Waals surface area contributed by atoms with E-state index in [-0.39, 0.29) is 17.6 Å². The summed E-state index contributed by atoms with van der Waals surface area (Å²) in [6.07, 6.45) is 4.48. The van der Waals surface area contributed by atoms with Crippen LogP contribution in [0.15, 0.2) is 10.8 Å². The molecule has 128 valence electrons. The second-order valence-electron chi connectivity index (χ2n) is 7.59. The summed E-state index contributed by atoms with van der Waals surface area (Å²) < 4.78 is 12.1. The maximum atomic E-state index is 12.7. The number of hydrogen-bond donors (Lipinski definition) is 1. The van der Waals surface area contributed by atoms with Gasteiger partial charge in [0.2, 0.25) is 0 Å². The van der Waals surface area contributed by atoms with Gasteiger partial charge in [-0.05, 0) is 56.0 Å². The minimum absolute atomic E-state index is 0.0130. The van der Waals surface area contributed by atoms with E-state index in [1.54, 1.807) is 6.20 Å². The molecule has 0 radical (unpaired) electrons.